The first kappa shape index (κ1) is 20.2. The Morgan fingerprint density at radius 2 is 0.958 bits per heavy atom. The van der Waals surface area contributed by atoms with Gasteiger partial charge < -0.3 is 10.6 Å². The third kappa shape index (κ3) is 5.21. The molecule has 2 heteroatoms. The van der Waals surface area contributed by atoms with Gasteiger partial charge in [-0.05, 0) is 98.8 Å². The highest BCUT2D eigenvalue weighted by atomic mass is 15.1. The second-order valence-corrected chi connectivity index (χ2v) is 11.6. The molecule has 0 aromatic carbocycles. The molecule has 24 heavy (non-hydrogen) atoms. The van der Waals surface area contributed by atoms with E-state index in [1.165, 1.54) is 38.5 Å². The van der Waals surface area contributed by atoms with Crippen LogP contribution in [0.4, 0.5) is 0 Å². The third-order valence-corrected chi connectivity index (χ3v) is 6.28. The Kier molecular flexibility index (Phi) is 5.55. The molecule has 2 fully saturated rings. The molecule has 0 aromatic heterocycles. The van der Waals surface area contributed by atoms with E-state index in [1.54, 1.807) is 0 Å². The molecular formula is C22H44N2. The van der Waals surface area contributed by atoms with Gasteiger partial charge in [-0.2, -0.15) is 0 Å². The van der Waals surface area contributed by atoms with Crippen molar-refractivity contribution in [3.63, 3.8) is 0 Å². The van der Waals surface area contributed by atoms with E-state index in [0.717, 1.165) is 17.8 Å². The van der Waals surface area contributed by atoms with Crippen molar-refractivity contribution in [1.29, 1.82) is 0 Å². The summed E-state index contributed by atoms with van der Waals surface area (Å²) in [4.78, 5) is 0. The second kappa shape index (κ2) is 6.58. The summed E-state index contributed by atoms with van der Waals surface area (Å²) < 4.78 is 0. The first-order valence-corrected chi connectivity index (χ1v) is 10.3. The molecule has 2 aliphatic rings. The minimum atomic E-state index is 0.260. The van der Waals surface area contributed by atoms with Crippen LogP contribution in [0, 0.1) is 17.8 Å². The molecule has 0 saturated carbocycles. The third-order valence-electron chi connectivity index (χ3n) is 6.28. The summed E-state index contributed by atoms with van der Waals surface area (Å²) >= 11 is 0. The zero-order valence-corrected chi connectivity index (χ0v) is 18.0. The SMILES string of the molecule is CCCC(C1CC(C)(C)NC(C)(C)C1)C1CC(C)(C)NC(C)(C)C1. The summed E-state index contributed by atoms with van der Waals surface area (Å²) in [7, 11) is 0. The molecule has 2 heterocycles. The maximum Gasteiger partial charge on any atom is 0.0132 e. The Hall–Kier alpha value is -0.0800. The lowest BCUT2D eigenvalue weighted by atomic mass is 9.61. The van der Waals surface area contributed by atoms with Gasteiger partial charge in [-0.15, -0.1) is 0 Å². The first-order valence-electron chi connectivity index (χ1n) is 10.3. The van der Waals surface area contributed by atoms with E-state index < -0.39 is 0 Å². The van der Waals surface area contributed by atoms with Crippen molar-refractivity contribution < 1.29 is 0 Å². The number of piperidine rings is 2. The zero-order valence-electron chi connectivity index (χ0n) is 18.0. The fourth-order valence-electron chi connectivity index (χ4n) is 6.60. The van der Waals surface area contributed by atoms with Crippen LogP contribution in [0.2, 0.25) is 0 Å². The van der Waals surface area contributed by atoms with Crippen LogP contribution in [0.1, 0.15) is 101 Å². The van der Waals surface area contributed by atoms with E-state index in [2.05, 4.69) is 72.9 Å². The highest BCUT2D eigenvalue weighted by molar-refractivity contribution is 5.03. The van der Waals surface area contributed by atoms with Crippen molar-refractivity contribution >= 4 is 0 Å². The number of hydrogen-bond donors (Lipinski definition) is 2. The van der Waals surface area contributed by atoms with Crippen molar-refractivity contribution in [3.05, 3.63) is 0 Å². The Labute approximate surface area is 151 Å². The van der Waals surface area contributed by atoms with Gasteiger partial charge >= 0.3 is 0 Å². The van der Waals surface area contributed by atoms with E-state index >= 15 is 0 Å². The van der Waals surface area contributed by atoms with Gasteiger partial charge in [-0.1, -0.05) is 19.8 Å². The second-order valence-electron chi connectivity index (χ2n) is 11.6. The van der Waals surface area contributed by atoms with Crippen molar-refractivity contribution in [2.45, 2.75) is 123 Å². The minimum absolute atomic E-state index is 0.260. The predicted octanol–water partition coefficient (Wildman–Crippen LogP) is 5.52. The van der Waals surface area contributed by atoms with Gasteiger partial charge in [0.25, 0.3) is 0 Å². The highest BCUT2D eigenvalue weighted by Crippen LogP contribution is 2.47. The lowest BCUT2D eigenvalue weighted by Gasteiger charge is -2.54. The van der Waals surface area contributed by atoms with Crippen LogP contribution in [0.15, 0.2) is 0 Å². The van der Waals surface area contributed by atoms with E-state index in [9.17, 15) is 0 Å². The van der Waals surface area contributed by atoms with Gasteiger partial charge in [0.1, 0.15) is 0 Å². The van der Waals surface area contributed by atoms with Crippen LogP contribution in [0.25, 0.3) is 0 Å². The highest BCUT2D eigenvalue weighted by Gasteiger charge is 2.46. The molecule has 142 valence electrons. The number of rotatable bonds is 4. The maximum atomic E-state index is 3.88. The molecule has 0 spiro atoms. The van der Waals surface area contributed by atoms with Crippen LogP contribution < -0.4 is 10.6 Å². The molecule has 0 aromatic rings. The summed E-state index contributed by atoms with van der Waals surface area (Å²) in [6, 6.07) is 0. The van der Waals surface area contributed by atoms with Gasteiger partial charge in [0.15, 0.2) is 0 Å². The van der Waals surface area contributed by atoms with Gasteiger partial charge in [-0.25, -0.2) is 0 Å². The molecule has 2 N–H and O–H groups in total. The van der Waals surface area contributed by atoms with Crippen LogP contribution in [-0.2, 0) is 0 Å². The van der Waals surface area contributed by atoms with Crippen molar-refractivity contribution in [1.82, 2.24) is 10.6 Å². The summed E-state index contributed by atoms with van der Waals surface area (Å²) in [5, 5.41) is 7.76. The fraction of sp³-hybridized carbons (Fsp3) is 1.00. The lowest BCUT2D eigenvalue weighted by Crippen LogP contribution is -2.61. The van der Waals surface area contributed by atoms with Crippen LogP contribution in [0.5, 0.6) is 0 Å². The van der Waals surface area contributed by atoms with Gasteiger partial charge in [0, 0.05) is 22.2 Å². The van der Waals surface area contributed by atoms with Crippen molar-refractivity contribution in [3.8, 4) is 0 Å². The predicted molar refractivity (Wildman–Crippen MR) is 106 cm³/mol. The molecule has 2 saturated heterocycles. The molecular weight excluding hydrogens is 292 g/mol. The average molecular weight is 337 g/mol. The van der Waals surface area contributed by atoms with Gasteiger partial charge in [-0.3, -0.25) is 0 Å². The molecule has 2 nitrogen and oxygen atoms in total. The summed E-state index contributed by atoms with van der Waals surface area (Å²) in [6.45, 7) is 21.6. The van der Waals surface area contributed by atoms with E-state index in [0.29, 0.717) is 0 Å². The monoisotopic (exact) mass is 336 g/mol. The molecule has 2 aliphatic heterocycles. The molecule has 0 unspecified atom stereocenters. The van der Waals surface area contributed by atoms with Crippen molar-refractivity contribution in [2.75, 3.05) is 0 Å². The number of hydrogen-bond acceptors (Lipinski definition) is 2. The van der Waals surface area contributed by atoms with Crippen LogP contribution >= 0.6 is 0 Å². The standard InChI is InChI=1S/C22H44N2/c1-10-11-18(16-12-19(2,3)23-20(4,5)13-16)17-14-21(6,7)24-22(8,9)15-17/h16-18,23-24H,10-15H2,1-9H3. The summed E-state index contributed by atoms with van der Waals surface area (Å²) in [5.74, 6) is 2.58. The smallest absolute Gasteiger partial charge is 0.0132 e. The van der Waals surface area contributed by atoms with Gasteiger partial charge in [0.05, 0.1) is 0 Å². The molecule has 0 radical (unpaired) electrons. The van der Waals surface area contributed by atoms with Crippen molar-refractivity contribution in [2.24, 2.45) is 17.8 Å². The molecule has 0 amide bonds. The topological polar surface area (TPSA) is 24.1 Å². The normalized spacial score (nSPS) is 29.8. The minimum Gasteiger partial charge on any atom is -0.307 e. The van der Waals surface area contributed by atoms with E-state index in [1.807, 2.05) is 0 Å². The van der Waals surface area contributed by atoms with Crippen LogP contribution in [-0.4, -0.2) is 22.2 Å². The Balaban J connectivity index is 2.25. The quantitative estimate of drug-likeness (QED) is 0.706. The van der Waals surface area contributed by atoms with E-state index in [-0.39, 0.29) is 22.2 Å². The zero-order chi connectivity index (χ0) is 18.4. The summed E-state index contributed by atoms with van der Waals surface area (Å²) in [5.41, 5.74) is 1.04. The summed E-state index contributed by atoms with van der Waals surface area (Å²) in [6.07, 6.45) is 8.02. The Morgan fingerprint density at radius 3 is 1.21 bits per heavy atom. The fourth-order valence-corrected chi connectivity index (χ4v) is 6.60. The Bertz CT molecular complexity index is 363. The number of nitrogens with one attached hydrogen (secondary N) is 2. The average Bonchev–Trinajstić information content (AvgIpc) is 2.27. The Morgan fingerprint density at radius 1 is 0.667 bits per heavy atom. The van der Waals surface area contributed by atoms with Gasteiger partial charge in [0.2, 0.25) is 0 Å². The lowest BCUT2D eigenvalue weighted by molar-refractivity contribution is 0.0213. The molecule has 0 atom stereocenters. The van der Waals surface area contributed by atoms with E-state index in [4.69, 9.17) is 0 Å². The maximum absolute atomic E-state index is 3.88. The first-order chi connectivity index (χ1) is 10.7. The molecule has 0 aliphatic carbocycles. The van der Waals surface area contributed by atoms with Crippen LogP contribution in [0.3, 0.4) is 0 Å². The molecule has 2 rings (SSSR count). The largest absolute Gasteiger partial charge is 0.307 e. The molecule has 0 bridgehead atoms.